The van der Waals surface area contributed by atoms with Gasteiger partial charge in [-0.2, -0.15) is 13.2 Å². The first kappa shape index (κ1) is 18.5. The summed E-state index contributed by atoms with van der Waals surface area (Å²) in [6, 6.07) is 6.37. The number of fused-ring (bicyclic) bond motifs is 1. The molecule has 1 aliphatic heterocycles. The molecule has 1 saturated heterocycles. The smallest absolute Gasteiger partial charge is 0.416 e. The lowest BCUT2D eigenvalue weighted by atomic mass is 10.00. The van der Waals surface area contributed by atoms with Crippen LogP contribution in [0.2, 0.25) is 0 Å². The first-order chi connectivity index (χ1) is 13.4. The van der Waals surface area contributed by atoms with E-state index in [9.17, 15) is 18.3 Å². The Hall–Kier alpha value is -2.81. The van der Waals surface area contributed by atoms with E-state index in [4.69, 9.17) is 0 Å². The molecule has 1 aliphatic rings. The van der Waals surface area contributed by atoms with Crippen molar-refractivity contribution in [3.8, 4) is 16.9 Å². The van der Waals surface area contributed by atoms with Crippen molar-refractivity contribution in [1.82, 2.24) is 19.9 Å². The van der Waals surface area contributed by atoms with Gasteiger partial charge in [0.15, 0.2) is 5.65 Å². The van der Waals surface area contributed by atoms with E-state index < -0.39 is 17.5 Å². The number of nitrogens with one attached hydrogen (secondary N) is 2. The van der Waals surface area contributed by atoms with E-state index in [1.165, 1.54) is 6.07 Å². The molecule has 3 heterocycles. The van der Waals surface area contributed by atoms with E-state index in [1.54, 1.807) is 22.7 Å². The van der Waals surface area contributed by atoms with Crippen molar-refractivity contribution in [2.45, 2.75) is 19.0 Å². The van der Waals surface area contributed by atoms with Gasteiger partial charge in [0.2, 0.25) is 5.95 Å². The molecule has 6 nitrogen and oxygen atoms in total. The van der Waals surface area contributed by atoms with Gasteiger partial charge in [0.05, 0.1) is 5.56 Å². The van der Waals surface area contributed by atoms with Crippen molar-refractivity contribution < 1.29 is 18.3 Å². The number of halogens is 3. The van der Waals surface area contributed by atoms with Gasteiger partial charge in [-0.3, -0.25) is 4.40 Å². The Kier molecular flexibility index (Phi) is 4.84. The third-order valence-corrected chi connectivity index (χ3v) is 5.00. The monoisotopic (exact) mass is 391 g/mol. The summed E-state index contributed by atoms with van der Waals surface area (Å²) in [5.41, 5.74) is 0.343. The second-order valence-corrected chi connectivity index (χ2v) is 6.96. The zero-order valence-electron chi connectivity index (χ0n) is 15.0. The molecule has 4 rings (SSSR count). The number of nitrogens with zero attached hydrogens (tertiary/aromatic N) is 3. The number of aromatic nitrogens is 3. The summed E-state index contributed by atoms with van der Waals surface area (Å²) in [6.45, 7) is 2.75. The van der Waals surface area contributed by atoms with Crippen LogP contribution in [0.3, 0.4) is 0 Å². The summed E-state index contributed by atoms with van der Waals surface area (Å²) in [6.07, 6.45) is -0.449. The Balaban J connectivity index is 1.63. The van der Waals surface area contributed by atoms with Crippen molar-refractivity contribution in [2.24, 2.45) is 5.92 Å². The fourth-order valence-electron chi connectivity index (χ4n) is 3.52. The lowest BCUT2D eigenvalue weighted by Crippen LogP contribution is -2.33. The van der Waals surface area contributed by atoms with Crippen LogP contribution in [0.25, 0.3) is 16.8 Å². The highest BCUT2D eigenvalue weighted by Crippen LogP contribution is 2.37. The van der Waals surface area contributed by atoms with E-state index in [1.807, 2.05) is 0 Å². The fraction of sp³-hybridized carbons (Fsp3) is 0.368. The molecule has 3 N–H and O–H groups in total. The minimum Gasteiger partial charge on any atom is -0.507 e. The average molecular weight is 391 g/mol. The Labute approximate surface area is 159 Å². The third kappa shape index (κ3) is 3.62. The number of alkyl halides is 3. The molecule has 0 radical (unpaired) electrons. The molecule has 0 saturated carbocycles. The van der Waals surface area contributed by atoms with Gasteiger partial charge in [0.25, 0.3) is 0 Å². The van der Waals surface area contributed by atoms with Crippen molar-refractivity contribution >= 4 is 11.6 Å². The average Bonchev–Trinajstić information content (AvgIpc) is 3.10. The lowest BCUT2D eigenvalue weighted by Gasteiger charge is -2.22. The summed E-state index contributed by atoms with van der Waals surface area (Å²) in [5, 5.41) is 25.2. The Morgan fingerprint density at radius 1 is 1.21 bits per heavy atom. The van der Waals surface area contributed by atoms with Gasteiger partial charge >= 0.3 is 6.18 Å². The second-order valence-electron chi connectivity index (χ2n) is 6.96. The van der Waals surface area contributed by atoms with Crippen LogP contribution in [-0.4, -0.2) is 39.3 Å². The predicted octanol–water partition coefficient (Wildman–Crippen LogP) is 3.53. The van der Waals surface area contributed by atoms with Gasteiger partial charge in [0.1, 0.15) is 5.75 Å². The second kappa shape index (κ2) is 7.31. The summed E-state index contributed by atoms with van der Waals surface area (Å²) >= 11 is 0. The number of benzene rings is 1. The molecule has 1 atom stereocenters. The molecule has 0 bridgehead atoms. The molecule has 0 spiro atoms. The predicted molar refractivity (Wildman–Crippen MR) is 99.2 cm³/mol. The topological polar surface area (TPSA) is 74.5 Å². The highest BCUT2D eigenvalue weighted by atomic mass is 19.4. The van der Waals surface area contributed by atoms with Crippen molar-refractivity contribution in [3.63, 3.8) is 0 Å². The fourth-order valence-corrected chi connectivity index (χ4v) is 3.52. The van der Waals surface area contributed by atoms with Gasteiger partial charge in [-0.05, 0) is 62.2 Å². The van der Waals surface area contributed by atoms with Gasteiger partial charge in [0, 0.05) is 23.9 Å². The Morgan fingerprint density at radius 3 is 2.79 bits per heavy atom. The number of hydrogen-bond donors (Lipinski definition) is 3. The standard InChI is InChI=1S/C19H20F3N5O/c20-19(21,22)13-5-6-14(16(28)9-13)15-4-2-8-27-17(15)25-26-18(27)24-11-12-3-1-7-23-10-12/h2,4-6,8-9,12,23,28H,1,3,7,10-11H2,(H,24,26). The van der Waals surface area contributed by atoms with Gasteiger partial charge in [-0.15, -0.1) is 10.2 Å². The molecule has 2 aromatic heterocycles. The van der Waals surface area contributed by atoms with E-state index >= 15 is 0 Å². The number of anilines is 1. The van der Waals surface area contributed by atoms with Gasteiger partial charge in [-0.1, -0.05) is 0 Å². The summed E-state index contributed by atoms with van der Waals surface area (Å²) in [5.74, 6) is 0.616. The number of piperidine rings is 1. The molecule has 0 amide bonds. The van der Waals surface area contributed by atoms with E-state index in [2.05, 4.69) is 20.8 Å². The van der Waals surface area contributed by atoms with Crippen LogP contribution in [0.15, 0.2) is 36.5 Å². The van der Waals surface area contributed by atoms with Crippen LogP contribution in [0.1, 0.15) is 18.4 Å². The van der Waals surface area contributed by atoms with Crippen LogP contribution in [-0.2, 0) is 6.18 Å². The first-order valence-corrected chi connectivity index (χ1v) is 9.12. The van der Waals surface area contributed by atoms with Gasteiger partial charge in [-0.25, -0.2) is 0 Å². The molecular weight excluding hydrogens is 371 g/mol. The number of aromatic hydroxyl groups is 1. The maximum atomic E-state index is 12.8. The zero-order chi connectivity index (χ0) is 19.7. The molecule has 1 fully saturated rings. The number of phenols is 1. The first-order valence-electron chi connectivity index (χ1n) is 9.12. The molecule has 1 aromatic carbocycles. The third-order valence-electron chi connectivity index (χ3n) is 5.00. The number of hydrogen-bond acceptors (Lipinski definition) is 5. The van der Waals surface area contributed by atoms with Gasteiger partial charge < -0.3 is 15.7 Å². The summed E-state index contributed by atoms with van der Waals surface area (Å²) in [7, 11) is 0. The van der Waals surface area contributed by atoms with Crippen LogP contribution >= 0.6 is 0 Å². The molecule has 1 unspecified atom stereocenters. The Bertz CT molecular complexity index is 979. The summed E-state index contributed by atoms with van der Waals surface area (Å²) < 4.78 is 40.3. The van der Waals surface area contributed by atoms with E-state index in [0.717, 1.165) is 44.6 Å². The highest BCUT2D eigenvalue weighted by Gasteiger charge is 2.31. The quantitative estimate of drug-likeness (QED) is 0.635. The maximum absolute atomic E-state index is 12.8. The van der Waals surface area contributed by atoms with Crippen LogP contribution in [0.4, 0.5) is 19.1 Å². The minimum absolute atomic E-state index is 0.272. The molecule has 148 valence electrons. The molecular formula is C19H20F3N5O. The molecule has 0 aliphatic carbocycles. The number of rotatable bonds is 4. The SMILES string of the molecule is Oc1cc(C(F)(F)F)ccc1-c1cccn2c(NCC3CCCNC3)nnc12. The lowest BCUT2D eigenvalue weighted by molar-refractivity contribution is -0.137. The Morgan fingerprint density at radius 2 is 2.07 bits per heavy atom. The number of phenolic OH excluding ortho intramolecular Hbond substituents is 1. The largest absolute Gasteiger partial charge is 0.507 e. The minimum atomic E-state index is -4.51. The maximum Gasteiger partial charge on any atom is 0.416 e. The van der Waals surface area contributed by atoms with E-state index in [0.29, 0.717) is 23.1 Å². The van der Waals surface area contributed by atoms with E-state index in [-0.39, 0.29) is 5.56 Å². The van der Waals surface area contributed by atoms with Crippen LogP contribution < -0.4 is 10.6 Å². The van der Waals surface area contributed by atoms with Crippen molar-refractivity contribution in [3.05, 3.63) is 42.1 Å². The van der Waals surface area contributed by atoms with Crippen molar-refractivity contribution in [1.29, 1.82) is 0 Å². The molecule has 9 heteroatoms. The normalized spacial score (nSPS) is 17.8. The van der Waals surface area contributed by atoms with Crippen molar-refractivity contribution in [2.75, 3.05) is 25.0 Å². The molecule has 28 heavy (non-hydrogen) atoms. The van der Waals surface area contributed by atoms with Crippen LogP contribution in [0.5, 0.6) is 5.75 Å². The summed E-state index contributed by atoms with van der Waals surface area (Å²) in [4.78, 5) is 0. The highest BCUT2D eigenvalue weighted by molar-refractivity contribution is 5.82. The zero-order valence-corrected chi connectivity index (χ0v) is 15.0. The molecule has 3 aromatic rings. The number of pyridine rings is 1. The van der Waals surface area contributed by atoms with Crippen LogP contribution in [0, 0.1) is 5.92 Å².